The summed E-state index contributed by atoms with van der Waals surface area (Å²) in [4.78, 5) is 4.35. The van der Waals surface area contributed by atoms with Gasteiger partial charge in [-0.25, -0.2) is 4.98 Å². The Bertz CT molecular complexity index is 575. The van der Waals surface area contributed by atoms with Crippen molar-refractivity contribution >= 4 is 0 Å². The van der Waals surface area contributed by atoms with Gasteiger partial charge in [-0.15, -0.1) is 0 Å². The van der Waals surface area contributed by atoms with Crippen LogP contribution in [0.25, 0.3) is 0 Å². The Balaban J connectivity index is 1.82. The third-order valence-corrected chi connectivity index (χ3v) is 4.06. The van der Waals surface area contributed by atoms with Crippen LogP contribution >= 0.6 is 0 Å². The number of benzene rings is 1. The van der Waals surface area contributed by atoms with Crippen LogP contribution in [-0.4, -0.2) is 20.3 Å². The fourth-order valence-electron chi connectivity index (χ4n) is 2.98. The molecule has 4 nitrogen and oxygen atoms in total. The molecule has 2 aromatic rings. The van der Waals surface area contributed by atoms with Gasteiger partial charge in [0.2, 0.25) is 0 Å². The predicted molar refractivity (Wildman–Crippen MR) is 74.8 cm³/mol. The van der Waals surface area contributed by atoms with Crippen molar-refractivity contribution < 1.29 is 0 Å². The zero-order chi connectivity index (χ0) is 13.3. The third-order valence-electron chi connectivity index (χ3n) is 4.06. The van der Waals surface area contributed by atoms with Crippen LogP contribution in [-0.2, 0) is 25.8 Å². The molecule has 3 rings (SSSR count). The van der Waals surface area contributed by atoms with Crippen molar-refractivity contribution in [2.45, 2.75) is 44.7 Å². The van der Waals surface area contributed by atoms with Crippen molar-refractivity contribution in [2.75, 3.05) is 0 Å². The van der Waals surface area contributed by atoms with Crippen LogP contribution in [0.5, 0.6) is 0 Å². The summed E-state index contributed by atoms with van der Waals surface area (Å²) in [6.45, 7) is 2.93. The van der Waals surface area contributed by atoms with Gasteiger partial charge in [-0.05, 0) is 37.3 Å². The minimum Gasteiger partial charge on any atom is -0.324 e. The molecular weight excluding hydrogens is 236 g/mol. The third kappa shape index (κ3) is 2.40. The minimum atomic E-state index is -0.186. The van der Waals surface area contributed by atoms with E-state index in [2.05, 4.69) is 41.3 Å². The molecule has 1 aliphatic carbocycles. The second-order valence-electron chi connectivity index (χ2n) is 5.48. The molecule has 0 fully saturated rings. The Hall–Kier alpha value is -1.68. The highest BCUT2D eigenvalue weighted by Gasteiger charge is 2.31. The van der Waals surface area contributed by atoms with Crippen molar-refractivity contribution in [1.82, 2.24) is 14.8 Å². The standard InChI is InChI=1S/C15H20N4/c1-2-19-14(17-11-18-19)10-15(16)8-7-12-5-3-4-6-13(12)9-15/h3-6,11H,2,7-10,16H2,1H3. The predicted octanol–water partition coefficient (Wildman–Crippen LogP) is 1.73. The number of fused-ring (bicyclic) bond motifs is 1. The Morgan fingerprint density at radius 1 is 1.32 bits per heavy atom. The highest BCUT2D eigenvalue weighted by atomic mass is 15.3. The molecule has 0 saturated heterocycles. The van der Waals surface area contributed by atoms with Crippen LogP contribution in [0.1, 0.15) is 30.3 Å². The number of nitrogens with zero attached hydrogens (tertiary/aromatic N) is 3. The van der Waals surface area contributed by atoms with Gasteiger partial charge in [-0.2, -0.15) is 5.10 Å². The molecule has 0 radical (unpaired) electrons. The highest BCUT2D eigenvalue weighted by molar-refractivity contribution is 5.32. The first kappa shape index (κ1) is 12.4. The molecule has 0 spiro atoms. The fraction of sp³-hybridized carbons (Fsp3) is 0.467. The second-order valence-corrected chi connectivity index (χ2v) is 5.48. The maximum atomic E-state index is 6.61. The van der Waals surface area contributed by atoms with Crippen LogP contribution in [0.15, 0.2) is 30.6 Å². The average molecular weight is 256 g/mol. The molecule has 1 atom stereocenters. The quantitative estimate of drug-likeness (QED) is 0.910. The van der Waals surface area contributed by atoms with Crippen molar-refractivity contribution in [3.05, 3.63) is 47.5 Å². The first-order valence-corrected chi connectivity index (χ1v) is 6.92. The van der Waals surface area contributed by atoms with Crippen LogP contribution in [0, 0.1) is 0 Å². The van der Waals surface area contributed by atoms with E-state index in [0.29, 0.717) is 0 Å². The number of rotatable bonds is 3. The van der Waals surface area contributed by atoms with Crippen LogP contribution < -0.4 is 5.73 Å². The number of aryl methyl sites for hydroxylation is 2. The summed E-state index contributed by atoms with van der Waals surface area (Å²) in [5, 5.41) is 4.23. The first-order chi connectivity index (χ1) is 9.20. The first-order valence-electron chi connectivity index (χ1n) is 6.92. The van der Waals surface area contributed by atoms with Gasteiger partial charge < -0.3 is 5.73 Å². The lowest BCUT2D eigenvalue weighted by molar-refractivity contribution is 0.355. The topological polar surface area (TPSA) is 56.7 Å². The molecule has 1 unspecified atom stereocenters. The number of nitrogens with two attached hydrogens (primary N) is 1. The summed E-state index contributed by atoms with van der Waals surface area (Å²) in [5.41, 5.74) is 9.25. The highest BCUT2D eigenvalue weighted by Crippen LogP contribution is 2.29. The lowest BCUT2D eigenvalue weighted by atomic mass is 9.76. The maximum absolute atomic E-state index is 6.61. The zero-order valence-electron chi connectivity index (χ0n) is 11.3. The van der Waals surface area contributed by atoms with Crippen molar-refractivity contribution in [3.63, 3.8) is 0 Å². The minimum absolute atomic E-state index is 0.186. The van der Waals surface area contributed by atoms with Crippen LogP contribution in [0.2, 0.25) is 0 Å². The average Bonchev–Trinajstić information content (AvgIpc) is 2.85. The molecule has 1 aliphatic rings. The van der Waals surface area contributed by atoms with E-state index in [-0.39, 0.29) is 5.54 Å². The van der Waals surface area contributed by atoms with Gasteiger partial charge in [0, 0.05) is 18.5 Å². The summed E-state index contributed by atoms with van der Waals surface area (Å²) >= 11 is 0. The van der Waals surface area contributed by atoms with E-state index >= 15 is 0 Å². The van der Waals surface area contributed by atoms with E-state index in [0.717, 1.165) is 38.1 Å². The summed E-state index contributed by atoms with van der Waals surface area (Å²) in [7, 11) is 0. The second kappa shape index (κ2) is 4.78. The maximum Gasteiger partial charge on any atom is 0.138 e. The molecule has 19 heavy (non-hydrogen) atoms. The van der Waals surface area contributed by atoms with Gasteiger partial charge in [-0.1, -0.05) is 24.3 Å². The summed E-state index contributed by atoms with van der Waals surface area (Å²) < 4.78 is 1.94. The van der Waals surface area contributed by atoms with Crippen molar-refractivity contribution in [1.29, 1.82) is 0 Å². The van der Waals surface area contributed by atoms with E-state index in [4.69, 9.17) is 5.73 Å². The van der Waals surface area contributed by atoms with Gasteiger partial charge in [-0.3, -0.25) is 4.68 Å². The molecule has 100 valence electrons. The Morgan fingerprint density at radius 2 is 2.11 bits per heavy atom. The molecule has 0 saturated carbocycles. The number of aromatic nitrogens is 3. The Morgan fingerprint density at radius 3 is 2.89 bits per heavy atom. The molecule has 4 heteroatoms. The normalized spacial score (nSPS) is 22.2. The molecule has 2 N–H and O–H groups in total. The lowest BCUT2D eigenvalue weighted by Crippen LogP contribution is -2.47. The van der Waals surface area contributed by atoms with Crippen LogP contribution in [0.4, 0.5) is 0 Å². The van der Waals surface area contributed by atoms with E-state index in [1.165, 1.54) is 11.1 Å². The monoisotopic (exact) mass is 256 g/mol. The van der Waals surface area contributed by atoms with Gasteiger partial charge in [0.25, 0.3) is 0 Å². The van der Waals surface area contributed by atoms with E-state index < -0.39 is 0 Å². The van der Waals surface area contributed by atoms with Crippen LogP contribution in [0.3, 0.4) is 0 Å². The van der Waals surface area contributed by atoms with Gasteiger partial charge >= 0.3 is 0 Å². The van der Waals surface area contributed by atoms with Gasteiger partial charge in [0.1, 0.15) is 12.2 Å². The van der Waals surface area contributed by atoms with Gasteiger partial charge in [0.05, 0.1) is 0 Å². The van der Waals surface area contributed by atoms with E-state index in [9.17, 15) is 0 Å². The molecule has 0 aliphatic heterocycles. The molecular formula is C15H20N4. The lowest BCUT2D eigenvalue weighted by Gasteiger charge is -2.34. The van der Waals surface area contributed by atoms with Gasteiger partial charge in [0.15, 0.2) is 0 Å². The smallest absolute Gasteiger partial charge is 0.138 e. The largest absolute Gasteiger partial charge is 0.324 e. The Kier molecular flexibility index (Phi) is 3.11. The van der Waals surface area contributed by atoms with E-state index in [1.54, 1.807) is 6.33 Å². The molecule has 0 bridgehead atoms. The molecule has 1 aromatic heterocycles. The summed E-state index contributed by atoms with van der Waals surface area (Å²) in [6.07, 6.45) is 5.43. The van der Waals surface area contributed by atoms with Crippen molar-refractivity contribution in [2.24, 2.45) is 5.73 Å². The molecule has 1 aromatic carbocycles. The summed E-state index contributed by atoms with van der Waals surface area (Å²) in [6, 6.07) is 8.61. The Labute approximate surface area is 113 Å². The number of hydrogen-bond acceptors (Lipinski definition) is 3. The molecule has 1 heterocycles. The zero-order valence-corrected chi connectivity index (χ0v) is 11.3. The SMILES string of the molecule is CCn1ncnc1CC1(N)CCc2ccccc2C1. The van der Waals surface area contributed by atoms with Crippen molar-refractivity contribution in [3.8, 4) is 0 Å². The molecule has 0 amide bonds. The fourth-order valence-corrected chi connectivity index (χ4v) is 2.98. The summed E-state index contributed by atoms with van der Waals surface area (Å²) in [5.74, 6) is 1.00. The number of hydrogen-bond donors (Lipinski definition) is 1. The van der Waals surface area contributed by atoms with E-state index in [1.807, 2.05) is 4.68 Å².